The maximum absolute atomic E-state index is 15.8. The van der Waals surface area contributed by atoms with E-state index in [-0.39, 0.29) is 0 Å². The number of rotatable bonds is 5. The zero-order chi connectivity index (χ0) is 23.3. The van der Waals surface area contributed by atoms with Gasteiger partial charge in [0.25, 0.3) is 0 Å². The lowest BCUT2D eigenvalue weighted by molar-refractivity contribution is 0.307. The lowest BCUT2D eigenvalue weighted by Crippen LogP contribution is -2.36. The van der Waals surface area contributed by atoms with Crippen molar-refractivity contribution in [2.24, 2.45) is 7.05 Å². The van der Waals surface area contributed by atoms with Crippen LogP contribution in [0.1, 0.15) is 23.1 Å². The number of aromatic nitrogens is 5. The molecule has 0 bridgehead atoms. The summed E-state index contributed by atoms with van der Waals surface area (Å²) in [6.07, 6.45) is 7.57. The SMILES string of the molecule is BC(B)(F)C(c1ccccc1)n1cc(-c2cnn(C)c2)c2ncc(-c3c(C)noc3C)cc21. The van der Waals surface area contributed by atoms with Crippen LogP contribution >= 0.6 is 0 Å². The van der Waals surface area contributed by atoms with Gasteiger partial charge < -0.3 is 9.09 Å². The van der Waals surface area contributed by atoms with Gasteiger partial charge in [0.05, 0.1) is 34.4 Å². The molecule has 5 aromatic rings. The van der Waals surface area contributed by atoms with Crippen LogP contribution in [0.2, 0.25) is 0 Å². The summed E-state index contributed by atoms with van der Waals surface area (Å²) in [4.78, 5) is 4.83. The monoisotopic (exact) mass is 439 g/mol. The molecule has 0 aliphatic carbocycles. The van der Waals surface area contributed by atoms with Crippen molar-refractivity contribution < 1.29 is 8.91 Å². The Morgan fingerprint density at radius 2 is 1.82 bits per heavy atom. The van der Waals surface area contributed by atoms with Crippen molar-refractivity contribution in [3.05, 3.63) is 78.2 Å². The Labute approximate surface area is 193 Å². The number of nitrogens with zero attached hydrogens (tertiary/aromatic N) is 5. The minimum absolute atomic E-state index is 0.548. The predicted molar refractivity (Wildman–Crippen MR) is 132 cm³/mol. The molecule has 0 saturated heterocycles. The lowest BCUT2D eigenvalue weighted by Gasteiger charge is -2.30. The third kappa shape index (κ3) is 3.67. The summed E-state index contributed by atoms with van der Waals surface area (Å²) in [6, 6.07) is 11.3. The summed E-state index contributed by atoms with van der Waals surface area (Å²) in [5.41, 5.74) is 5.44. The fourth-order valence-electron chi connectivity index (χ4n) is 4.67. The first kappa shape index (κ1) is 21.2. The number of halogens is 1. The smallest absolute Gasteiger partial charge is 0.141 e. The topological polar surface area (TPSA) is 61.7 Å². The van der Waals surface area contributed by atoms with Crippen molar-refractivity contribution in [2.75, 3.05) is 0 Å². The number of hydrogen-bond acceptors (Lipinski definition) is 4. The van der Waals surface area contributed by atoms with Crippen LogP contribution in [0.4, 0.5) is 4.39 Å². The molecule has 4 aromatic heterocycles. The van der Waals surface area contributed by atoms with Crippen molar-refractivity contribution in [3.8, 4) is 22.3 Å². The summed E-state index contributed by atoms with van der Waals surface area (Å²) < 4.78 is 24.9. The Balaban J connectivity index is 1.82. The van der Waals surface area contributed by atoms with Gasteiger partial charge in [0.15, 0.2) is 0 Å². The minimum atomic E-state index is -1.53. The molecule has 1 aromatic carbocycles. The van der Waals surface area contributed by atoms with Crippen LogP contribution in [0.15, 0.2) is 65.7 Å². The van der Waals surface area contributed by atoms with Gasteiger partial charge in [-0.1, -0.05) is 35.5 Å². The van der Waals surface area contributed by atoms with Gasteiger partial charge in [-0.25, -0.2) is 0 Å². The third-order valence-electron chi connectivity index (χ3n) is 6.05. The van der Waals surface area contributed by atoms with E-state index in [1.165, 1.54) is 0 Å². The number of aryl methyl sites for hydroxylation is 3. The van der Waals surface area contributed by atoms with Gasteiger partial charge in [0, 0.05) is 47.9 Å². The fraction of sp³-hybridized carbons (Fsp3) is 0.208. The second-order valence-corrected chi connectivity index (χ2v) is 9.02. The molecule has 0 aliphatic heterocycles. The minimum Gasteiger partial charge on any atom is -0.361 e. The van der Waals surface area contributed by atoms with Gasteiger partial charge in [-0.3, -0.25) is 14.1 Å². The predicted octanol–water partition coefficient (Wildman–Crippen LogP) is 3.19. The van der Waals surface area contributed by atoms with Gasteiger partial charge in [0.1, 0.15) is 21.5 Å². The molecule has 0 radical (unpaired) electrons. The van der Waals surface area contributed by atoms with E-state index in [4.69, 9.17) is 9.51 Å². The van der Waals surface area contributed by atoms with Crippen LogP contribution in [0.3, 0.4) is 0 Å². The van der Waals surface area contributed by atoms with E-state index in [1.807, 2.05) is 74.4 Å². The third-order valence-corrected chi connectivity index (χ3v) is 6.05. The Morgan fingerprint density at radius 1 is 1.06 bits per heavy atom. The summed E-state index contributed by atoms with van der Waals surface area (Å²) in [5.74, 6) is 0.727. The molecule has 33 heavy (non-hydrogen) atoms. The number of alkyl halides is 1. The molecule has 4 heterocycles. The normalized spacial score (nSPS) is 13.0. The van der Waals surface area contributed by atoms with Crippen LogP contribution in [-0.4, -0.2) is 45.6 Å². The van der Waals surface area contributed by atoms with Gasteiger partial charge in [0.2, 0.25) is 0 Å². The van der Waals surface area contributed by atoms with E-state index in [0.717, 1.165) is 50.3 Å². The highest BCUT2D eigenvalue weighted by atomic mass is 19.1. The summed E-state index contributed by atoms with van der Waals surface area (Å²) >= 11 is 0. The molecule has 0 saturated carbocycles. The fourth-order valence-corrected chi connectivity index (χ4v) is 4.67. The molecule has 0 aliphatic rings. The Kier molecular flexibility index (Phi) is 5.00. The quantitative estimate of drug-likeness (QED) is 0.395. The molecule has 0 amide bonds. The molecule has 0 spiro atoms. The van der Waals surface area contributed by atoms with Crippen LogP contribution in [0.5, 0.6) is 0 Å². The van der Waals surface area contributed by atoms with E-state index in [1.54, 1.807) is 26.6 Å². The average molecular weight is 439 g/mol. The maximum atomic E-state index is 15.8. The van der Waals surface area contributed by atoms with Crippen molar-refractivity contribution in [2.45, 2.75) is 25.4 Å². The van der Waals surface area contributed by atoms with Crippen molar-refractivity contribution in [1.82, 2.24) is 24.5 Å². The van der Waals surface area contributed by atoms with Crippen molar-refractivity contribution in [1.29, 1.82) is 0 Å². The average Bonchev–Trinajstić information content (AvgIpc) is 3.45. The summed E-state index contributed by atoms with van der Waals surface area (Å²) in [5, 5.41) is 8.42. The number of fused-ring (bicyclic) bond motifs is 1. The lowest BCUT2D eigenvalue weighted by atomic mass is 9.61. The van der Waals surface area contributed by atoms with Gasteiger partial charge in [-0.15, -0.1) is 0 Å². The number of pyridine rings is 1. The van der Waals surface area contributed by atoms with Gasteiger partial charge in [-0.05, 0) is 25.5 Å². The summed E-state index contributed by atoms with van der Waals surface area (Å²) in [6.45, 7) is 3.80. The molecular formula is C24H24B2FN5O. The highest BCUT2D eigenvalue weighted by Gasteiger charge is 2.33. The Hall–Kier alpha value is -3.61. The molecule has 5 rings (SSSR count). The highest BCUT2D eigenvalue weighted by molar-refractivity contribution is 6.39. The zero-order valence-electron chi connectivity index (χ0n) is 19.4. The van der Waals surface area contributed by atoms with Crippen molar-refractivity contribution >= 4 is 26.7 Å². The van der Waals surface area contributed by atoms with Crippen LogP contribution in [-0.2, 0) is 7.05 Å². The van der Waals surface area contributed by atoms with Gasteiger partial charge >= 0.3 is 0 Å². The second-order valence-electron chi connectivity index (χ2n) is 9.02. The largest absolute Gasteiger partial charge is 0.361 e. The first-order valence-corrected chi connectivity index (χ1v) is 10.9. The standard InChI is InChI=1S/C24H24B2FN5O/c1-14-21(15(2)33-30-14)17-9-20-22(28-10-17)19(18-11-29-31(3)12-18)13-32(20)23(24(25,26)27)16-7-5-4-6-8-16/h4-13,23H,25-26H2,1-3H3. The maximum Gasteiger partial charge on any atom is 0.141 e. The summed E-state index contributed by atoms with van der Waals surface area (Å²) in [7, 11) is 5.11. The number of benzene rings is 1. The van der Waals surface area contributed by atoms with E-state index in [0.29, 0.717) is 0 Å². The molecule has 1 unspecified atom stereocenters. The number of hydrogen-bond donors (Lipinski definition) is 0. The molecule has 0 fully saturated rings. The first-order valence-electron chi connectivity index (χ1n) is 10.9. The molecule has 164 valence electrons. The van der Waals surface area contributed by atoms with Crippen LogP contribution < -0.4 is 0 Å². The van der Waals surface area contributed by atoms with E-state index in [2.05, 4.69) is 16.3 Å². The van der Waals surface area contributed by atoms with Crippen LogP contribution in [0, 0.1) is 13.8 Å². The molecular weight excluding hydrogens is 415 g/mol. The molecule has 9 heteroatoms. The Bertz CT molecular complexity index is 1430. The molecule has 0 N–H and O–H groups in total. The van der Waals surface area contributed by atoms with E-state index in [9.17, 15) is 0 Å². The first-order chi connectivity index (χ1) is 15.7. The Morgan fingerprint density at radius 3 is 2.42 bits per heavy atom. The van der Waals surface area contributed by atoms with E-state index >= 15 is 4.39 Å². The van der Waals surface area contributed by atoms with Gasteiger partial charge in [-0.2, -0.15) is 5.10 Å². The second kappa shape index (κ2) is 7.76. The van der Waals surface area contributed by atoms with Crippen LogP contribution in [0.25, 0.3) is 33.3 Å². The zero-order valence-corrected chi connectivity index (χ0v) is 19.4. The molecule has 6 nitrogen and oxygen atoms in total. The highest BCUT2D eigenvalue weighted by Crippen LogP contribution is 2.39. The molecule has 1 atom stereocenters. The van der Waals surface area contributed by atoms with Crippen molar-refractivity contribution in [3.63, 3.8) is 0 Å². The van der Waals surface area contributed by atoms with E-state index < -0.39 is 11.5 Å².